The number of nitrogens with zero attached hydrogens (tertiary/aromatic N) is 1. The van der Waals surface area contributed by atoms with E-state index in [9.17, 15) is 4.79 Å². The normalized spacial score (nSPS) is 10.9. The fourth-order valence-corrected chi connectivity index (χ4v) is 2.85. The van der Waals surface area contributed by atoms with Crippen LogP contribution in [-0.2, 0) is 5.75 Å². The first-order valence-corrected chi connectivity index (χ1v) is 7.30. The second-order valence-electron chi connectivity index (χ2n) is 4.61. The summed E-state index contributed by atoms with van der Waals surface area (Å²) in [4.78, 5) is 18.6. The zero-order chi connectivity index (χ0) is 14.8. The van der Waals surface area contributed by atoms with Gasteiger partial charge < -0.3 is 15.8 Å². The Hall–Kier alpha value is -2.47. The number of nitrogen functional groups attached to an aromatic ring is 1. The number of carboxylic acids is 1. The summed E-state index contributed by atoms with van der Waals surface area (Å²) < 4.78 is 0. The number of nitrogens with one attached hydrogen (secondary N) is 1. The molecular formula is C15H13N3O2S. The monoisotopic (exact) mass is 299 g/mol. The van der Waals surface area contributed by atoms with Crippen molar-refractivity contribution in [3.8, 4) is 0 Å². The maximum Gasteiger partial charge on any atom is 0.335 e. The summed E-state index contributed by atoms with van der Waals surface area (Å²) in [6, 6.07) is 12.4. The number of hydrogen-bond donors (Lipinski definition) is 3. The van der Waals surface area contributed by atoms with Crippen molar-refractivity contribution >= 4 is 34.5 Å². The molecule has 4 N–H and O–H groups in total. The molecule has 1 aromatic heterocycles. The van der Waals surface area contributed by atoms with Gasteiger partial charge in [-0.05, 0) is 35.9 Å². The van der Waals surface area contributed by atoms with E-state index < -0.39 is 5.97 Å². The van der Waals surface area contributed by atoms with E-state index in [0.29, 0.717) is 17.0 Å². The highest BCUT2D eigenvalue weighted by atomic mass is 32.2. The largest absolute Gasteiger partial charge is 0.478 e. The van der Waals surface area contributed by atoms with Crippen LogP contribution in [-0.4, -0.2) is 21.0 Å². The summed E-state index contributed by atoms with van der Waals surface area (Å²) in [5, 5.41) is 9.77. The van der Waals surface area contributed by atoms with E-state index in [2.05, 4.69) is 9.97 Å². The lowest BCUT2D eigenvalue weighted by Gasteiger charge is -2.00. The summed E-state index contributed by atoms with van der Waals surface area (Å²) >= 11 is 1.53. The lowest BCUT2D eigenvalue weighted by Crippen LogP contribution is -1.96. The Morgan fingerprint density at radius 1 is 1.29 bits per heavy atom. The van der Waals surface area contributed by atoms with Crippen LogP contribution in [0, 0.1) is 0 Å². The average Bonchev–Trinajstić information content (AvgIpc) is 2.87. The van der Waals surface area contributed by atoms with Crippen molar-refractivity contribution in [3.63, 3.8) is 0 Å². The number of aromatic carboxylic acids is 1. The Bertz CT molecular complexity index is 814. The molecule has 0 fully saturated rings. The van der Waals surface area contributed by atoms with Crippen LogP contribution >= 0.6 is 11.8 Å². The smallest absolute Gasteiger partial charge is 0.335 e. The van der Waals surface area contributed by atoms with E-state index in [0.717, 1.165) is 21.8 Å². The average molecular weight is 299 g/mol. The molecule has 5 nitrogen and oxygen atoms in total. The van der Waals surface area contributed by atoms with Gasteiger partial charge in [-0.25, -0.2) is 9.78 Å². The molecule has 0 saturated heterocycles. The SMILES string of the molecule is Nc1ccc2nc(SCc3cccc(C(=O)O)c3)[nH]c2c1. The number of imidazole rings is 1. The molecular weight excluding hydrogens is 286 g/mol. The lowest BCUT2D eigenvalue weighted by atomic mass is 10.1. The number of benzene rings is 2. The molecule has 0 atom stereocenters. The van der Waals surface area contributed by atoms with Crippen molar-refractivity contribution in [2.75, 3.05) is 5.73 Å². The third-order valence-corrected chi connectivity index (χ3v) is 3.98. The Balaban J connectivity index is 1.77. The fraction of sp³-hybridized carbons (Fsp3) is 0.0667. The van der Waals surface area contributed by atoms with Crippen molar-refractivity contribution in [3.05, 3.63) is 53.6 Å². The lowest BCUT2D eigenvalue weighted by molar-refractivity contribution is 0.0697. The van der Waals surface area contributed by atoms with Crippen LogP contribution in [0.15, 0.2) is 47.6 Å². The summed E-state index contributed by atoms with van der Waals surface area (Å²) in [5.41, 5.74) is 9.43. The number of thioether (sulfide) groups is 1. The summed E-state index contributed by atoms with van der Waals surface area (Å²) in [6.45, 7) is 0. The number of carboxylic acid groups (broad SMARTS) is 1. The molecule has 0 aliphatic heterocycles. The first-order valence-electron chi connectivity index (χ1n) is 6.32. The summed E-state index contributed by atoms with van der Waals surface area (Å²) in [6.07, 6.45) is 0. The van der Waals surface area contributed by atoms with Gasteiger partial charge in [0.25, 0.3) is 0 Å². The van der Waals surface area contributed by atoms with E-state index in [4.69, 9.17) is 10.8 Å². The molecule has 0 radical (unpaired) electrons. The van der Waals surface area contributed by atoms with E-state index >= 15 is 0 Å². The van der Waals surface area contributed by atoms with Gasteiger partial charge in [0.15, 0.2) is 5.16 Å². The van der Waals surface area contributed by atoms with Gasteiger partial charge in [-0.3, -0.25) is 0 Å². The number of aromatic nitrogens is 2. The van der Waals surface area contributed by atoms with Gasteiger partial charge in [0.05, 0.1) is 16.6 Å². The number of H-pyrrole nitrogens is 1. The summed E-state index contributed by atoms with van der Waals surface area (Å²) in [7, 11) is 0. The minimum atomic E-state index is -0.916. The van der Waals surface area contributed by atoms with E-state index in [1.807, 2.05) is 24.3 Å². The van der Waals surface area contributed by atoms with Gasteiger partial charge in [0.1, 0.15) is 0 Å². The number of aromatic amines is 1. The molecule has 0 spiro atoms. The molecule has 3 rings (SSSR count). The number of fused-ring (bicyclic) bond motifs is 1. The van der Waals surface area contributed by atoms with Crippen molar-refractivity contribution in [1.29, 1.82) is 0 Å². The van der Waals surface area contributed by atoms with Crippen LogP contribution in [0.2, 0.25) is 0 Å². The molecule has 0 aliphatic rings. The van der Waals surface area contributed by atoms with Crippen molar-refractivity contribution in [2.24, 2.45) is 0 Å². The maximum atomic E-state index is 10.9. The molecule has 0 saturated carbocycles. The molecule has 0 unspecified atom stereocenters. The Kier molecular flexibility index (Phi) is 3.53. The second kappa shape index (κ2) is 5.49. The zero-order valence-corrected chi connectivity index (χ0v) is 11.9. The molecule has 0 aliphatic carbocycles. The van der Waals surface area contributed by atoms with Gasteiger partial charge >= 0.3 is 5.97 Å². The van der Waals surface area contributed by atoms with Crippen LogP contribution < -0.4 is 5.73 Å². The molecule has 1 heterocycles. The van der Waals surface area contributed by atoms with Gasteiger partial charge in [0.2, 0.25) is 0 Å². The van der Waals surface area contributed by atoms with Gasteiger partial charge in [-0.1, -0.05) is 23.9 Å². The highest BCUT2D eigenvalue weighted by molar-refractivity contribution is 7.98. The van der Waals surface area contributed by atoms with Crippen LogP contribution in [0.4, 0.5) is 5.69 Å². The molecule has 0 bridgehead atoms. The molecule has 0 amide bonds. The maximum absolute atomic E-state index is 10.9. The standard InChI is InChI=1S/C15H13N3O2S/c16-11-4-5-12-13(7-11)18-15(17-12)21-8-9-2-1-3-10(6-9)14(19)20/h1-7H,8,16H2,(H,17,18)(H,19,20). The van der Waals surface area contributed by atoms with Crippen LogP contribution in [0.1, 0.15) is 15.9 Å². The molecule has 6 heteroatoms. The van der Waals surface area contributed by atoms with Crippen LogP contribution in [0.3, 0.4) is 0 Å². The number of carbonyl (C=O) groups is 1. The third kappa shape index (κ3) is 3.00. The number of anilines is 1. The Morgan fingerprint density at radius 2 is 2.14 bits per heavy atom. The number of hydrogen-bond acceptors (Lipinski definition) is 4. The first-order chi connectivity index (χ1) is 10.1. The van der Waals surface area contributed by atoms with Crippen LogP contribution in [0.25, 0.3) is 11.0 Å². The highest BCUT2D eigenvalue weighted by Crippen LogP contribution is 2.24. The Labute approximate surface area is 125 Å². The zero-order valence-electron chi connectivity index (χ0n) is 11.0. The topological polar surface area (TPSA) is 92.0 Å². The van der Waals surface area contributed by atoms with Crippen molar-refractivity contribution < 1.29 is 9.90 Å². The molecule has 21 heavy (non-hydrogen) atoms. The molecule has 106 valence electrons. The molecule has 2 aromatic carbocycles. The highest BCUT2D eigenvalue weighted by Gasteiger charge is 2.06. The minimum absolute atomic E-state index is 0.297. The van der Waals surface area contributed by atoms with Gasteiger partial charge in [-0.15, -0.1) is 0 Å². The molecule has 3 aromatic rings. The van der Waals surface area contributed by atoms with Gasteiger partial charge in [-0.2, -0.15) is 0 Å². The third-order valence-electron chi connectivity index (χ3n) is 3.03. The predicted molar refractivity (Wildman–Crippen MR) is 83.5 cm³/mol. The van der Waals surface area contributed by atoms with E-state index in [1.54, 1.807) is 18.2 Å². The second-order valence-corrected chi connectivity index (χ2v) is 5.58. The number of rotatable bonds is 4. The van der Waals surface area contributed by atoms with Crippen molar-refractivity contribution in [2.45, 2.75) is 10.9 Å². The fourth-order valence-electron chi connectivity index (χ4n) is 2.02. The summed E-state index contributed by atoms with van der Waals surface area (Å²) in [5.74, 6) is -0.266. The van der Waals surface area contributed by atoms with Gasteiger partial charge in [0, 0.05) is 11.4 Å². The van der Waals surface area contributed by atoms with Crippen molar-refractivity contribution in [1.82, 2.24) is 9.97 Å². The predicted octanol–water partition coefficient (Wildman–Crippen LogP) is 3.14. The Morgan fingerprint density at radius 3 is 2.95 bits per heavy atom. The number of nitrogens with two attached hydrogens (primary N) is 1. The minimum Gasteiger partial charge on any atom is -0.478 e. The van der Waals surface area contributed by atoms with Crippen LogP contribution in [0.5, 0.6) is 0 Å². The first kappa shape index (κ1) is 13.5. The van der Waals surface area contributed by atoms with E-state index in [-0.39, 0.29) is 0 Å². The van der Waals surface area contributed by atoms with E-state index in [1.165, 1.54) is 11.8 Å². The quantitative estimate of drug-likeness (QED) is 0.508.